The van der Waals surface area contributed by atoms with Crippen molar-refractivity contribution >= 4 is 10.9 Å². The Bertz CT molecular complexity index is 1430. The van der Waals surface area contributed by atoms with E-state index in [0.717, 1.165) is 53.5 Å². The molecule has 0 spiro atoms. The number of pyridine rings is 1. The molecule has 1 saturated heterocycles. The number of hydrogen-bond acceptors (Lipinski definition) is 6. The first-order chi connectivity index (χ1) is 17.9. The van der Waals surface area contributed by atoms with E-state index in [2.05, 4.69) is 45.3 Å². The van der Waals surface area contributed by atoms with Crippen LogP contribution in [0.5, 0.6) is 0 Å². The summed E-state index contributed by atoms with van der Waals surface area (Å²) in [5, 5.41) is 13.7. The van der Waals surface area contributed by atoms with E-state index in [-0.39, 0.29) is 23.5 Å². The van der Waals surface area contributed by atoms with Crippen molar-refractivity contribution in [2.24, 2.45) is 0 Å². The van der Waals surface area contributed by atoms with Crippen molar-refractivity contribution in [2.75, 3.05) is 13.2 Å². The second-order valence-electron chi connectivity index (χ2n) is 9.92. The summed E-state index contributed by atoms with van der Waals surface area (Å²) in [7, 11) is 0. The fourth-order valence-corrected chi connectivity index (χ4v) is 5.24. The summed E-state index contributed by atoms with van der Waals surface area (Å²) in [6.45, 7) is 8.48. The van der Waals surface area contributed by atoms with E-state index in [9.17, 15) is 9.18 Å². The number of ether oxygens (including phenoxy) is 1. The van der Waals surface area contributed by atoms with E-state index in [0.29, 0.717) is 31.0 Å². The molecule has 4 aromatic rings. The summed E-state index contributed by atoms with van der Waals surface area (Å²) in [5.41, 5.74) is 4.59. The lowest BCUT2D eigenvalue weighted by Crippen LogP contribution is -2.37. The van der Waals surface area contributed by atoms with Crippen LogP contribution in [0.15, 0.2) is 47.3 Å². The Morgan fingerprint density at radius 1 is 1.19 bits per heavy atom. The van der Waals surface area contributed by atoms with Crippen molar-refractivity contribution < 1.29 is 9.13 Å². The van der Waals surface area contributed by atoms with Gasteiger partial charge in [-0.2, -0.15) is 0 Å². The highest BCUT2D eigenvalue weighted by atomic mass is 19.1. The maximum atomic E-state index is 13.4. The average molecular weight is 505 g/mol. The van der Waals surface area contributed by atoms with Gasteiger partial charge in [0.05, 0.1) is 24.2 Å². The number of benzene rings is 2. The molecule has 194 valence electrons. The van der Waals surface area contributed by atoms with Crippen LogP contribution in [0, 0.1) is 19.7 Å². The molecule has 0 amide bonds. The van der Waals surface area contributed by atoms with Gasteiger partial charge in [0.2, 0.25) is 0 Å². The third-order valence-electron chi connectivity index (χ3n) is 7.29. The highest BCUT2D eigenvalue weighted by Crippen LogP contribution is 2.28. The van der Waals surface area contributed by atoms with E-state index in [1.165, 1.54) is 12.1 Å². The van der Waals surface area contributed by atoms with Crippen LogP contribution in [0.3, 0.4) is 0 Å². The van der Waals surface area contributed by atoms with Crippen molar-refractivity contribution in [1.82, 2.24) is 30.1 Å². The minimum atomic E-state index is -0.277. The summed E-state index contributed by atoms with van der Waals surface area (Å²) < 4.78 is 21.2. The van der Waals surface area contributed by atoms with E-state index in [4.69, 9.17) is 4.74 Å². The van der Waals surface area contributed by atoms with E-state index >= 15 is 0 Å². The highest BCUT2D eigenvalue weighted by Gasteiger charge is 2.29. The van der Waals surface area contributed by atoms with Crippen molar-refractivity contribution in [2.45, 2.75) is 65.3 Å². The quantitative estimate of drug-likeness (QED) is 0.362. The molecule has 1 aliphatic rings. The van der Waals surface area contributed by atoms with E-state index in [1.54, 1.807) is 16.8 Å². The first-order valence-electron chi connectivity index (χ1n) is 12.9. The van der Waals surface area contributed by atoms with Gasteiger partial charge in [-0.25, -0.2) is 9.07 Å². The molecule has 9 heteroatoms. The van der Waals surface area contributed by atoms with Gasteiger partial charge >= 0.3 is 0 Å². The van der Waals surface area contributed by atoms with Gasteiger partial charge in [-0.15, -0.1) is 5.10 Å². The zero-order chi connectivity index (χ0) is 25.9. The molecule has 0 saturated carbocycles. The minimum absolute atomic E-state index is 0.0840. The molecule has 3 heterocycles. The van der Waals surface area contributed by atoms with Crippen molar-refractivity contribution in [1.29, 1.82) is 0 Å². The summed E-state index contributed by atoms with van der Waals surface area (Å²) in [5.74, 6) is 0.440. The van der Waals surface area contributed by atoms with Gasteiger partial charge in [-0.05, 0) is 78.4 Å². The number of aromatic amines is 1. The van der Waals surface area contributed by atoms with Crippen LogP contribution in [-0.4, -0.2) is 49.3 Å². The topological polar surface area (TPSA) is 88.9 Å². The number of nitrogens with one attached hydrogen (secondary N) is 1. The predicted molar refractivity (Wildman–Crippen MR) is 140 cm³/mol. The minimum Gasteiger partial charge on any atom is -0.377 e. The SMILES string of the molecule is CC[C@@H](c1nnnn1Cc1ccc(F)cc1)N(Cc1cc2c(C)ccc(C)c2[nH]c1=O)C[C@@H]1CCCO1. The molecule has 2 atom stereocenters. The normalized spacial score (nSPS) is 16.6. The van der Waals surface area contributed by atoms with Gasteiger partial charge in [-0.3, -0.25) is 9.69 Å². The van der Waals surface area contributed by atoms with Gasteiger partial charge in [0.15, 0.2) is 5.82 Å². The van der Waals surface area contributed by atoms with Crippen LogP contribution in [0.25, 0.3) is 10.9 Å². The van der Waals surface area contributed by atoms with Crippen LogP contribution in [0.4, 0.5) is 4.39 Å². The Morgan fingerprint density at radius 2 is 1.97 bits per heavy atom. The number of halogens is 1. The molecule has 1 fully saturated rings. The molecule has 0 bridgehead atoms. The van der Waals surface area contributed by atoms with Crippen LogP contribution in [0.2, 0.25) is 0 Å². The molecule has 2 aromatic carbocycles. The van der Waals surface area contributed by atoms with Crippen molar-refractivity contribution in [3.63, 3.8) is 0 Å². The molecule has 5 rings (SSSR count). The molecule has 0 radical (unpaired) electrons. The molecule has 0 unspecified atom stereocenters. The van der Waals surface area contributed by atoms with E-state index in [1.807, 2.05) is 19.1 Å². The number of nitrogens with zero attached hydrogens (tertiary/aromatic N) is 5. The smallest absolute Gasteiger partial charge is 0.252 e. The maximum Gasteiger partial charge on any atom is 0.252 e. The van der Waals surface area contributed by atoms with Gasteiger partial charge in [-0.1, -0.05) is 31.2 Å². The maximum absolute atomic E-state index is 13.4. The molecule has 0 aliphatic carbocycles. The molecule has 37 heavy (non-hydrogen) atoms. The Morgan fingerprint density at radius 3 is 2.70 bits per heavy atom. The number of aromatic nitrogens is 5. The largest absolute Gasteiger partial charge is 0.377 e. The number of H-pyrrole nitrogens is 1. The first-order valence-corrected chi connectivity index (χ1v) is 12.9. The van der Waals surface area contributed by atoms with Crippen LogP contribution in [0.1, 0.15) is 60.3 Å². The van der Waals surface area contributed by atoms with Crippen LogP contribution >= 0.6 is 0 Å². The fraction of sp³-hybridized carbons (Fsp3) is 0.429. The Hall–Kier alpha value is -3.43. The van der Waals surface area contributed by atoms with Gasteiger partial charge in [0.25, 0.3) is 5.56 Å². The molecular weight excluding hydrogens is 471 g/mol. The third kappa shape index (κ3) is 5.47. The van der Waals surface area contributed by atoms with E-state index < -0.39 is 0 Å². The second-order valence-corrected chi connectivity index (χ2v) is 9.92. The average Bonchev–Trinajstić information content (AvgIpc) is 3.57. The highest BCUT2D eigenvalue weighted by molar-refractivity contribution is 5.85. The lowest BCUT2D eigenvalue weighted by atomic mass is 10.0. The molecule has 1 aliphatic heterocycles. The second kappa shape index (κ2) is 10.9. The standard InChI is InChI=1S/C28H33FN6O2/c1-4-25(27-31-32-33-35(27)15-20-9-11-22(29)12-10-20)34(17-23-6-5-13-37-23)16-21-14-24-18(2)7-8-19(3)26(24)30-28(21)36/h7-12,14,23,25H,4-6,13,15-17H2,1-3H3,(H,30,36)/t23-,25-/m0/s1. The summed E-state index contributed by atoms with van der Waals surface area (Å²) >= 11 is 0. The fourth-order valence-electron chi connectivity index (χ4n) is 5.24. The number of rotatable bonds is 9. The zero-order valence-corrected chi connectivity index (χ0v) is 21.6. The predicted octanol–water partition coefficient (Wildman–Crippen LogP) is 4.45. The summed E-state index contributed by atoms with van der Waals surface area (Å²) in [4.78, 5) is 18.6. The first kappa shape index (κ1) is 25.2. The van der Waals surface area contributed by atoms with Gasteiger partial charge in [0.1, 0.15) is 5.82 Å². The Balaban J connectivity index is 1.49. The van der Waals surface area contributed by atoms with Crippen molar-refractivity contribution in [3.8, 4) is 0 Å². The van der Waals surface area contributed by atoms with Crippen LogP contribution in [-0.2, 0) is 17.8 Å². The Kier molecular flexibility index (Phi) is 7.43. The number of aryl methyl sites for hydroxylation is 2. The van der Waals surface area contributed by atoms with Crippen LogP contribution < -0.4 is 5.56 Å². The molecule has 8 nitrogen and oxygen atoms in total. The number of tetrazole rings is 1. The van der Waals surface area contributed by atoms with Crippen molar-refractivity contribution in [3.05, 3.63) is 86.7 Å². The molecular formula is C28H33FN6O2. The Labute approximate surface area is 215 Å². The monoisotopic (exact) mass is 504 g/mol. The zero-order valence-electron chi connectivity index (χ0n) is 21.6. The third-order valence-corrected chi connectivity index (χ3v) is 7.29. The lowest BCUT2D eigenvalue weighted by molar-refractivity contribution is 0.0489. The molecule has 1 N–H and O–H groups in total. The van der Waals surface area contributed by atoms with Gasteiger partial charge < -0.3 is 9.72 Å². The summed E-state index contributed by atoms with van der Waals surface area (Å²) in [6, 6.07) is 12.4. The van der Waals surface area contributed by atoms with Gasteiger partial charge in [0, 0.05) is 30.6 Å². The lowest BCUT2D eigenvalue weighted by Gasteiger charge is -2.32. The number of fused-ring (bicyclic) bond motifs is 1. The number of hydrogen-bond donors (Lipinski definition) is 1. The molecule has 2 aromatic heterocycles. The summed E-state index contributed by atoms with van der Waals surface area (Å²) in [6.07, 6.45) is 2.87.